The molecule has 2 aliphatic heterocycles. The highest BCUT2D eigenvalue weighted by Crippen LogP contribution is 2.38. The highest BCUT2D eigenvalue weighted by atomic mass is 16.5. The van der Waals surface area contributed by atoms with Gasteiger partial charge in [-0.15, -0.1) is 0 Å². The first-order valence-electron chi connectivity index (χ1n) is 6.08. The minimum Gasteiger partial charge on any atom is -0.352 e. The van der Waals surface area contributed by atoms with Crippen LogP contribution in [0.4, 0.5) is 0 Å². The van der Waals surface area contributed by atoms with Crippen molar-refractivity contribution in [2.75, 3.05) is 13.7 Å². The second-order valence-corrected chi connectivity index (χ2v) is 4.81. The summed E-state index contributed by atoms with van der Waals surface area (Å²) in [4.78, 5) is 13.8. The number of carbonyl (C=O) groups is 1. The summed E-state index contributed by atoms with van der Waals surface area (Å²) in [6.07, 6.45) is 0.0401. The molecule has 1 aromatic carbocycles. The van der Waals surface area contributed by atoms with Crippen LogP contribution in [0.2, 0.25) is 0 Å². The number of fused-ring (bicyclic) bond motifs is 1. The zero-order valence-electron chi connectivity index (χ0n) is 10.2. The van der Waals surface area contributed by atoms with Crippen molar-refractivity contribution in [3.05, 3.63) is 35.9 Å². The van der Waals surface area contributed by atoms with Gasteiger partial charge in [0.25, 0.3) is 0 Å². The monoisotopic (exact) mass is 248 g/mol. The third kappa shape index (κ3) is 1.71. The SMILES string of the molecule is CN(O)C1CC(=O)N2[C@@H](c3ccccc3)OC[C@H]12. The normalized spacial score (nSPS) is 31.2. The summed E-state index contributed by atoms with van der Waals surface area (Å²) in [7, 11) is 1.58. The molecule has 0 spiro atoms. The van der Waals surface area contributed by atoms with Crippen LogP contribution in [0.5, 0.6) is 0 Å². The summed E-state index contributed by atoms with van der Waals surface area (Å²) < 4.78 is 5.72. The van der Waals surface area contributed by atoms with Gasteiger partial charge in [-0.1, -0.05) is 30.3 Å². The molecule has 5 nitrogen and oxygen atoms in total. The molecular formula is C13H16N2O3. The standard InChI is InChI=1S/C13H16N2O3/c1-14(17)10-7-12(16)15-11(10)8-18-13(15)9-5-3-2-4-6-9/h2-6,10-11,13,17H,7-8H2,1H3/t10?,11-,13-/m1/s1. The van der Waals surface area contributed by atoms with Crippen LogP contribution >= 0.6 is 0 Å². The first-order chi connectivity index (χ1) is 8.68. The molecule has 5 heteroatoms. The highest BCUT2D eigenvalue weighted by molar-refractivity contribution is 5.80. The molecule has 0 radical (unpaired) electrons. The van der Waals surface area contributed by atoms with Gasteiger partial charge in [-0.05, 0) is 0 Å². The van der Waals surface area contributed by atoms with E-state index in [1.807, 2.05) is 30.3 Å². The molecule has 1 N–H and O–H groups in total. The Hall–Kier alpha value is -1.43. The van der Waals surface area contributed by atoms with E-state index in [0.717, 1.165) is 10.6 Å². The van der Waals surface area contributed by atoms with Crippen LogP contribution < -0.4 is 0 Å². The van der Waals surface area contributed by atoms with Crippen LogP contribution in [0.25, 0.3) is 0 Å². The molecule has 0 aromatic heterocycles. The van der Waals surface area contributed by atoms with Crippen molar-refractivity contribution < 1.29 is 14.7 Å². The molecule has 2 aliphatic rings. The number of likely N-dealkylation sites (N-methyl/N-ethyl adjacent to an activating group) is 1. The van der Waals surface area contributed by atoms with Gasteiger partial charge in [-0.25, -0.2) is 0 Å². The molecule has 2 saturated heterocycles. The molecule has 1 aromatic rings. The fourth-order valence-corrected chi connectivity index (χ4v) is 2.81. The van der Waals surface area contributed by atoms with Crippen molar-refractivity contribution in [3.63, 3.8) is 0 Å². The fraction of sp³-hybridized carbons (Fsp3) is 0.462. The molecule has 1 amide bonds. The van der Waals surface area contributed by atoms with Gasteiger partial charge >= 0.3 is 0 Å². The van der Waals surface area contributed by atoms with E-state index < -0.39 is 0 Å². The summed E-state index contributed by atoms with van der Waals surface area (Å²) in [5.74, 6) is 0.0391. The lowest BCUT2D eigenvalue weighted by Gasteiger charge is -2.25. The maximum atomic E-state index is 12.1. The number of carbonyl (C=O) groups excluding carboxylic acids is 1. The Labute approximate surface area is 106 Å². The molecule has 96 valence electrons. The van der Waals surface area contributed by atoms with Crippen molar-refractivity contribution in [1.82, 2.24) is 9.96 Å². The van der Waals surface area contributed by atoms with Crippen molar-refractivity contribution in [3.8, 4) is 0 Å². The van der Waals surface area contributed by atoms with E-state index in [1.165, 1.54) is 0 Å². The first-order valence-corrected chi connectivity index (χ1v) is 6.08. The highest BCUT2D eigenvalue weighted by Gasteiger charge is 2.50. The smallest absolute Gasteiger partial charge is 0.227 e. The molecule has 3 rings (SSSR count). The molecule has 2 heterocycles. The van der Waals surface area contributed by atoms with Gasteiger partial charge in [-0.2, -0.15) is 5.06 Å². The second-order valence-electron chi connectivity index (χ2n) is 4.81. The topological polar surface area (TPSA) is 53.0 Å². The van der Waals surface area contributed by atoms with E-state index in [4.69, 9.17) is 4.74 Å². The van der Waals surface area contributed by atoms with Crippen molar-refractivity contribution in [2.24, 2.45) is 0 Å². The van der Waals surface area contributed by atoms with E-state index in [2.05, 4.69) is 0 Å². The zero-order valence-corrected chi connectivity index (χ0v) is 10.2. The van der Waals surface area contributed by atoms with Gasteiger partial charge in [0.2, 0.25) is 5.91 Å². The van der Waals surface area contributed by atoms with E-state index in [9.17, 15) is 10.0 Å². The summed E-state index contributed by atoms with van der Waals surface area (Å²) >= 11 is 0. The number of hydrogen-bond acceptors (Lipinski definition) is 4. The second kappa shape index (κ2) is 4.35. The van der Waals surface area contributed by atoms with Gasteiger partial charge in [0, 0.05) is 19.0 Å². The lowest BCUT2D eigenvalue weighted by Crippen LogP contribution is -2.41. The van der Waals surface area contributed by atoms with Crippen molar-refractivity contribution >= 4 is 5.91 Å². The van der Waals surface area contributed by atoms with Gasteiger partial charge in [0.15, 0.2) is 6.23 Å². The average Bonchev–Trinajstić information content (AvgIpc) is 2.92. The Bertz CT molecular complexity index is 449. The number of benzene rings is 1. The lowest BCUT2D eigenvalue weighted by atomic mass is 10.1. The Balaban J connectivity index is 1.88. The van der Waals surface area contributed by atoms with Gasteiger partial charge in [0.05, 0.1) is 18.7 Å². The van der Waals surface area contributed by atoms with E-state index in [0.29, 0.717) is 13.0 Å². The van der Waals surface area contributed by atoms with Gasteiger partial charge in [-0.3, -0.25) is 4.79 Å². The Morgan fingerprint density at radius 3 is 2.78 bits per heavy atom. The maximum Gasteiger partial charge on any atom is 0.227 e. The third-order valence-corrected chi connectivity index (χ3v) is 3.72. The number of rotatable bonds is 2. The molecule has 0 bridgehead atoms. The molecule has 1 unspecified atom stereocenters. The van der Waals surface area contributed by atoms with E-state index in [1.54, 1.807) is 11.9 Å². The predicted octanol–water partition coefficient (Wildman–Crippen LogP) is 1.01. The predicted molar refractivity (Wildman–Crippen MR) is 63.7 cm³/mol. The summed E-state index contributed by atoms with van der Waals surface area (Å²) in [5.41, 5.74) is 0.981. The fourth-order valence-electron chi connectivity index (χ4n) is 2.81. The minimum atomic E-state index is -0.311. The lowest BCUT2D eigenvalue weighted by molar-refractivity contribution is -0.134. The largest absolute Gasteiger partial charge is 0.352 e. The first kappa shape index (κ1) is 11.6. The van der Waals surface area contributed by atoms with Gasteiger partial charge in [0.1, 0.15) is 0 Å². The number of amides is 1. The van der Waals surface area contributed by atoms with Crippen molar-refractivity contribution in [2.45, 2.75) is 24.7 Å². The van der Waals surface area contributed by atoms with Crippen LogP contribution in [-0.4, -0.2) is 46.8 Å². The third-order valence-electron chi connectivity index (χ3n) is 3.72. The Kier molecular flexibility index (Phi) is 2.81. The quantitative estimate of drug-likeness (QED) is 0.793. The average molecular weight is 248 g/mol. The van der Waals surface area contributed by atoms with Crippen LogP contribution in [0, 0.1) is 0 Å². The summed E-state index contributed by atoms with van der Waals surface area (Å²) in [6, 6.07) is 9.48. The van der Waals surface area contributed by atoms with Crippen LogP contribution in [0.15, 0.2) is 30.3 Å². The summed E-state index contributed by atoms with van der Waals surface area (Å²) in [6.45, 7) is 0.473. The molecular weight excluding hydrogens is 232 g/mol. The molecule has 18 heavy (non-hydrogen) atoms. The number of hydroxylamine groups is 2. The molecule has 0 aliphatic carbocycles. The van der Waals surface area contributed by atoms with Crippen LogP contribution in [0.3, 0.4) is 0 Å². The Morgan fingerprint density at radius 1 is 1.39 bits per heavy atom. The molecule has 3 atom stereocenters. The van der Waals surface area contributed by atoms with Gasteiger partial charge < -0.3 is 14.8 Å². The Morgan fingerprint density at radius 2 is 2.11 bits per heavy atom. The van der Waals surface area contributed by atoms with E-state index >= 15 is 0 Å². The van der Waals surface area contributed by atoms with Crippen molar-refractivity contribution in [1.29, 1.82) is 0 Å². The number of hydrogen-bond donors (Lipinski definition) is 1. The molecule has 0 saturated carbocycles. The van der Waals surface area contributed by atoms with Crippen LogP contribution in [0.1, 0.15) is 18.2 Å². The number of ether oxygens (including phenoxy) is 1. The maximum absolute atomic E-state index is 12.1. The summed E-state index contributed by atoms with van der Waals surface area (Å²) in [5, 5.41) is 10.7. The van der Waals surface area contributed by atoms with E-state index in [-0.39, 0.29) is 24.2 Å². The minimum absolute atomic E-state index is 0.0391. The number of nitrogens with zero attached hydrogens (tertiary/aromatic N) is 2. The zero-order chi connectivity index (χ0) is 12.7. The molecule has 2 fully saturated rings. The van der Waals surface area contributed by atoms with Crippen LogP contribution in [-0.2, 0) is 9.53 Å².